The van der Waals surface area contributed by atoms with Crippen LogP contribution in [0.2, 0.25) is 0 Å². The molecule has 1 saturated carbocycles. The molecule has 7 heteroatoms. The number of nitrogens with one attached hydrogen (secondary N) is 2. The molecule has 6 nitrogen and oxygen atoms in total. The summed E-state index contributed by atoms with van der Waals surface area (Å²) in [7, 11) is 4.02. The molecule has 2 aliphatic rings. The lowest BCUT2D eigenvalue weighted by Crippen LogP contribution is -2.48. The highest BCUT2D eigenvalue weighted by atomic mass is 127. The van der Waals surface area contributed by atoms with E-state index >= 15 is 0 Å². The second-order valence-electron chi connectivity index (χ2n) is 8.59. The molecule has 2 aromatic rings. The van der Waals surface area contributed by atoms with E-state index in [1.54, 1.807) is 0 Å². The number of nitrogens with zero attached hydrogens (tertiary/aromatic N) is 4. The van der Waals surface area contributed by atoms with E-state index in [1.165, 1.54) is 30.4 Å². The fourth-order valence-electron chi connectivity index (χ4n) is 4.40. The van der Waals surface area contributed by atoms with Crippen molar-refractivity contribution in [3.05, 3.63) is 59.8 Å². The molecule has 1 saturated heterocycles. The van der Waals surface area contributed by atoms with Crippen molar-refractivity contribution >= 4 is 35.8 Å². The molecule has 1 aromatic heterocycles. The number of hydrogen-bond donors (Lipinski definition) is 2. The minimum atomic E-state index is 0. The van der Waals surface area contributed by atoms with Gasteiger partial charge in [0.2, 0.25) is 0 Å². The number of rotatable bonds is 6. The van der Waals surface area contributed by atoms with Gasteiger partial charge in [-0.25, -0.2) is 4.98 Å². The first-order valence-electron chi connectivity index (χ1n) is 11.1. The van der Waals surface area contributed by atoms with E-state index in [-0.39, 0.29) is 29.4 Å². The van der Waals surface area contributed by atoms with Gasteiger partial charge in [-0.15, -0.1) is 24.0 Å². The first-order valence-corrected chi connectivity index (χ1v) is 11.1. The van der Waals surface area contributed by atoms with Crippen LogP contribution in [0, 0.1) is 0 Å². The van der Waals surface area contributed by atoms with E-state index < -0.39 is 0 Å². The van der Waals surface area contributed by atoms with Gasteiger partial charge in [0, 0.05) is 57.9 Å². The van der Waals surface area contributed by atoms with Crippen LogP contribution in [0.15, 0.2) is 53.7 Å². The maximum atomic E-state index is 4.59. The number of aromatic nitrogens is 1. The zero-order chi connectivity index (χ0) is 20.8. The van der Waals surface area contributed by atoms with Crippen molar-refractivity contribution in [2.24, 2.45) is 4.99 Å². The molecule has 2 N–H and O–H groups in total. The maximum absolute atomic E-state index is 4.59. The molecule has 0 bridgehead atoms. The molecule has 0 spiro atoms. The fraction of sp³-hybridized carbons (Fsp3) is 0.500. The summed E-state index contributed by atoms with van der Waals surface area (Å²) in [6.07, 6.45) is 5.69. The Morgan fingerprint density at radius 3 is 2.45 bits per heavy atom. The lowest BCUT2D eigenvalue weighted by Gasteiger charge is -2.43. The van der Waals surface area contributed by atoms with Gasteiger partial charge in [-0.1, -0.05) is 36.8 Å². The number of likely N-dealkylation sites (N-methyl/N-ethyl adjacent to an activating group) is 1. The Morgan fingerprint density at radius 2 is 1.81 bits per heavy atom. The van der Waals surface area contributed by atoms with Gasteiger partial charge in [-0.2, -0.15) is 0 Å². The highest BCUT2D eigenvalue weighted by Crippen LogP contribution is 2.43. The van der Waals surface area contributed by atoms with Crippen LogP contribution < -0.4 is 15.5 Å². The molecule has 168 valence electrons. The number of halogens is 1. The Hall–Kier alpha value is -1.87. The highest BCUT2D eigenvalue weighted by Gasteiger charge is 2.38. The van der Waals surface area contributed by atoms with E-state index in [4.69, 9.17) is 0 Å². The number of hydrogen-bond acceptors (Lipinski definition) is 4. The van der Waals surface area contributed by atoms with Crippen molar-refractivity contribution in [2.45, 2.75) is 31.2 Å². The van der Waals surface area contributed by atoms with Gasteiger partial charge in [-0.05, 0) is 43.1 Å². The zero-order valence-electron chi connectivity index (χ0n) is 18.7. The van der Waals surface area contributed by atoms with E-state index in [2.05, 4.69) is 79.9 Å². The molecule has 0 unspecified atom stereocenters. The second kappa shape index (κ2) is 11.1. The van der Waals surface area contributed by atoms with Crippen molar-refractivity contribution in [3.63, 3.8) is 0 Å². The van der Waals surface area contributed by atoms with E-state index in [9.17, 15) is 0 Å². The Kier molecular flexibility index (Phi) is 8.54. The number of guanidine groups is 1. The largest absolute Gasteiger partial charge is 0.356 e. The van der Waals surface area contributed by atoms with Crippen molar-refractivity contribution in [2.75, 3.05) is 51.7 Å². The van der Waals surface area contributed by atoms with Crippen LogP contribution in [0.5, 0.6) is 0 Å². The number of piperazine rings is 1. The number of benzene rings is 1. The Labute approximate surface area is 203 Å². The van der Waals surface area contributed by atoms with Gasteiger partial charge in [0.25, 0.3) is 0 Å². The van der Waals surface area contributed by atoms with E-state index in [0.29, 0.717) is 0 Å². The van der Waals surface area contributed by atoms with Gasteiger partial charge in [0.1, 0.15) is 5.82 Å². The number of anilines is 1. The van der Waals surface area contributed by atoms with Crippen LogP contribution >= 0.6 is 24.0 Å². The van der Waals surface area contributed by atoms with Crippen LogP contribution in [0.4, 0.5) is 5.82 Å². The quantitative estimate of drug-likeness (QED) is 0.339. The Bertz CT molecular complexity index is 844. The summed E-state index contributed by atoms with van der Waals surface area (Å²) in [6, 6.07) is 15.2. The van der Waals surface area contributed by atoms with Gasteiger partial charge in [0.15, 0.2) is 5.96 Å². The van der Waals surface area contributed by atoms with Gasteiger partial charge in [0.05, 0.1) is 0 Å². The van der Waals surface area contributed by atoms with Crippen LogP contribution in [0.3, 0.4) is 0 Å². The zero-order valence-corrected chi connectivity index (χ0v) is 21.0. The maximum Gasteiger partial charge on any atom is 0.191 e. The summed E-state index contributed by atoms with van der Waals surface area (Å²) < 4.78 is 0. The molecule has 31 heavy (non-hydrogen) atoms. The Morgan fingerprint density at radius 1 is 1.06 bits per heavy atom. The van der Waals surface area contributed by atoms with E-state index in [0.717, 1.165) is 51.0 Å². The van der Waals surface area contributed by atoms with E-state index in [1.807, 2.05) is 13.2 Å². The number of aliphatic imine (C=N–C) groups is 1. The predicted octanol–water partition coefficient (Wildman–Crippen LogP) is 3.24. The first-order chi connectivity index (χ1) is 14.7. The topological polar surface area (TPSA) is 55.8 Å². The third-order valence-corrected chi connectivity index (χ3v) is 6.61. The highest BCUT2D eigenvalue weighted by molar-refractivity contribution is 14.0. The third-order valence-electron chi connectivity index (χ3n) is 6.61. The summed E-state index contributed by atoms with van der Waals surface area (Å²) in [4.78, 5) is 13.8. The standard InChI is InChI=1S/C24H34N6.HI/c1-25-23(28-19-24(10-6-11-24)21-7-4-3-5-8-21)27-18-20-9-12-26-22(17-20)30-15-13-29(2)14-16-30;/h3-5,7-9,12,17H,6,10-11,13-16,18-19H2,1-2H3,(H2,25,27,28);1H. The predicted molar refractivity (Wildman–Crippen MR) is 140 cm³/mol. The molecule has 1 aliphatic carbocycles. The van der Waals surface area contributed by atoms with Crippen molar-refractivity contribution in [1.82, 2.24) is 20.5 Å². The van der Waals surface area contributed by atoms with Crippen molar-refractivity contribution < 1.29 is 0 Å². The van der Waals surface area contributed by atoms with Crippen molar-refractivity contribution in [1.29, 1.82) is 0 Å². The molecular weight excluding hydrogens is 499 g/mol. The minimum absolute atomic E-state index is 0. The molecule has 0 amide bonds. The molecule has 0 radical (unpaired) electrons. The average molecular weight is 534 g/mol. The molecule has 0 atom stereocenters. The number of pyridine rings is 1. The van der Waals surface area contributed by atoms with Crippen LogP contribution in [0.1, 0.15) is 30.4 Å². The second-order valence-corrected chi connectivity index (χ2v) is 8.59. The summed E-state index contributed by atoms with van der Waals surface area (Å²) in [5.74, 6) is 1.93. The van der Waals surface area contributed by atoms with Crippen molar-refractivity contribution in [3.8, 4) is 0 Å². The molecular formula is C24H35IN6. The van der Waals surface area contributed by atoms with Gasteiger partial charge >= 0.3 is 0 Å². The van der Waals surface area contributed by atoms with Gasteiger partial charge in [-0.3, -0.25) is 4.99 Å². The normalized spacial score (nSPS) is 18.6. The average Bonchev–Trinajstić information content (AvgIpc) is 2.76. The van der Waals surface area contributed by atoms with Crippen LogP contribution in [-0.2, 0) is 12.0 Å². The SMILES string of the molecule is CN=C(NCc1ccnc(N2CCN(C)CC2)c1)NCC1(c2ccccc2)CCC1.I. The fourth-order valence-corrected chi connectivity index (χ4v) is 4.40. The summed E-state index contributed by atoms with van der Waals surface area (Å²) in [5, 5.41) is 7.05. The molecule has 2 fully saturated rings. The lowest BCUT2D eigenvalue weighted by molar-refractivity contribution is 0.244. The minimum Gasteiger partial charge on any atom is -0.356 e. The third kappa shape index (κ3) is 5.88. The van der Waals surface area contributed by atoms with Crippen LogP contribution in [0.25, 0.3) is 0 Å². The lowest BCUT2D eigenvalue weighted by atomic mass is 9.64. The molecule has 2 heterocycles. The molecule has 1 aliphatic heterocycles. The van der Waals surface area contributed by atoms with Gasteiger partial charge < -0.3 is 20.4 Å². The monoisotopic (exact) mass is 534 g/mol. The summed E-state index contributed by atoms with van der Waals surface area (Å²) in [5.41, 5.74) is 2.90. The summed E-state index contributed by atoms with van der Waals surface area (Å²) >= 11 is 0. The summed E-state index contributed by atoms with van der Waals surface area (Å²) in [6.45, 7) is 5.89. The molecule has 4 rings (SSSR count). The first kappa shape index (κ1) is 23.8. The smallest absolute Gasteiger partial charge is 0.191 e. The van der Waals surface area contributed by atoms with Crippen LogP contribution in [-0.4, -0.2) is 62.7 Å². The Balaban J connectivity index is 0.00000272. The molecule has 1 aromatic carbocycles.